The zero-order valence-electron chi connectivity index (χ0n) is 16.5. The van der Waals surface area contributed by atoms with Crippen LogP contribution >= 0.6 is 0 Å². The summed E-state index contributed by atoms with van der Waals surface area (Å²) in [6.45, 7) is 7.32. The van der Waals surface area contributed by atoms with Crippen LogP contribution in [0, 0.1) is 0 Å². The first kappa shape index (κ1) is 22.3. The highest BCUT2D eigenvalue weighted by Crippen LogP contribution is 2.17. The van der Waals surface area contributed by atoms with E-state index in [4.69, 9.17) is 9.47 Å². The van der Waals surface area contributed by atoms with Gasteiger partial charge in [0.2, 0.25) is 10.0 Å². The fraction of sp³-hybridized carbons (Fsp3) is 0.579. The lowest BCUT2D eigenvalue weighted by molar-refractivity contribution is -0.160. The van der Waals surface area contributed by atoms with E-state index >= 15 is 0 Å². The molecule has 0 spiro atoms. The van der Waals surface area contributed by atoms with Crippen molar-refractivity contribution >= 4 is 21.9 Å². The third-order valence-corrected chi connectivity index (χ3v) is 5.93. The van der Waals surface area contributed by atoms with Crippen molar-refractivity contribution in [2.75, 3.05) is 32.8 Å². The number of carbonyl (C=O) groups is 2. The fourth-order valence-electron chi connectivity index (χ4n) is 2.75. The summed E-state index contributed by atoms with van der Waals surface area (Å²) in [5, 5.41) is 0. The predicted octanol–water partition coefficient (Wildman–Crippen LogP) is 1.27. The number of rotatable bonds is 8. The quantitative estimate of drug-likeness (QED) is 0.645. The highest BCUT2D eigenvalue weighted by atomic mass is 32.2. The molecule has 1 aliphatic rings. The van der Waals surface area contributed by atoms with Gasteiger partial charge in [-0.25, -0.2) is 13.1 Å². The van der Waals surface area contributed by atoms with E-state index in [1.54, 1.807) is 29.2 Å². The Kier molecular flexibility index (Phi) is 7.97. The van der Waals surface area contributed by atoms with Gasteiger partial charge >= 0.3 is 5.97 Å². The lowest BCUT2D eigenvalue weighted by Gasteiger charge is -2.28. The molecule has 0 unspecified atom stereocenters. The van der Waals surface area contributed by atoms with Crippen molar-refractivity contribution in [2.45, 2.75) is 44.1 Å². The molecule has 28 heavy (non-hydrogen) atoms. The van der Waals surface area contributed by atoms with Crippen LogP contribution in [0.4, 0.5) is 0 Å². The molecule has 0 aliphatic carbocycles. The van der Waals surface area contributed by atoms with E-state index in [1.165, 1.54) is 6.92 Å². The van der Waals surface area contributed by atoms with E-state index in [0.717, 1.165) is 5.56 Å². The van der Waals surface area contributed by atoms with Crippen LogP contribution in [0.1, 0.15) is 38.7 Å². The molecule has 156 valence electrons. The number of hydrogen-bond acceptors (Lipinski definition) is 6. The van der Waals surface area contributed by atoms with Crippen LogP contribution in [0.15, 0.2) is 29.2 Å². The Bertz CT molecular complexity index is 770. The molecule has 1 aromatic rings. The Hall–Kier alpha value is -1.97. The Morgan fingerprint density at radius 3 is 2.32 bits per heavy atom. The number of esters is 1. The van der Waals surface area contributed by atoms with Gasteiger partial charge in [-0.1, -0.05) is 26.0 Å². The zero-order valence-corrected chi connectivity index (χ0v) is 17.3. The minimum Gasteiger partial charge on any atom is -0.452 e. The molecule has 0 radical (unpaired) electrons. The van der Waals surface area contributed by atoms with Gasteiger partial charge in [-0.2, -0.15) is 0 Å². The SMILES string of the molecule is CC(C)c1ccc(S(=O)(=O)NCCC(=O)O[C@@H](C)C(=O)N2CCOCC2)cc1. The molecule has 1 amide bonds. The van der Waals surface area contributed by atoms with Gasteiger partial charge < -0.3 is 14.4 Å². The summed E-state index contributed by atoms with van der Waals surface area (Å²) in [5.74, 6) is -0.601. The summed E-state index contributed by atoms with van der Waals surface area (Å²) >= 11 is 0. The molecule has 1 aromatic carbocycles. The summed E-state index contributed by atoms with van der Waals surface area (Å²) in [5.41, 5.74) is 1.04. The van der Waals surface area contributed by atoms with Crippen molar-refractivity contribution in [1.82, 2.24) is 9.62 Å². The monoisotopic (exact) mass is 412 g/mol. The van der Waals surface area contributed by atoms with Crippen LogP contribution in [-0.2, 0) is 29.1 Å². The molecular formula is C19H28N2O6S. The average molecular weight is 413 g/mol. The van der Waals surface area contributed by atoms with Gasteiger partial charge in [0.05, 0.1) is 24.5 Å². The molecule has 1 fully saturated rings. The molecule has 1 heterocycles. The largest absolute Gasteiger partial charge is 0.452 e. The second-order valence-corrected chi connectivity index (χ2v) is 8.71. The summed E-state index contributed by atoms with van der Waals surface area (Å²) in [6, 6.07) is 6.62. The van der Waals surface area contributed by atoms with Crippen LogP contribution in [0.25, 0.3) is 0 Å². The Morgan fingerprint density at radius 2 is 1.75 bits per heavy atom. The molecule has 2 rings (SSSR count). The van der Waals surface area contributed by atoms with Crippen LogP contribution < -0.4 is 4.72 Å². The molecule has 0 saturated carbocycles. The number of sulfonamides is 1. The first-order valence-electron chi connectivity index (χ1n) is 9.36. The number of benzene rings is 1. The van der Waals surface area contributed by atoms with E-state index in [0.29, 0.717) is 32.2 Å². The summed E-state index contributed by atoms with van der Waals surface area (Å²) < 4.78 is 37.3. The lowest BCUT2D eigenvalue weighted by Crippen LogP contribution is -2.46. The summed E-state index contributed by atoms with van der Waals surface area (Å²) in [6.07, 6.45) is -1.07. The highest BCUT2D eigenvalue weighted by Gasteiger charge is 2.25. The molecule has 1 atom stereocenters. The third kappa shape index (κ3) is 6.29. The number of morpholine rings is 1. The standard InChI is InChI=1S/C19H28N2O6S/c1-14(2)16-4-6-17(7-5-16)28(24,25)20-9-8-18(22)27-15(3)19(23)21-10-12-26-13-11-21/h4-7,14-15,20H,8-13H2,1-3H3/t15-/m0/s1. The maximum Gasteiger partial charge on any atom is 0.307 e. The van der Waals surface area contributed by atoms with Gasteiger partial charge in [0.1, 0.15) is 0 Å². The van der Waals surface area contributed by atoms with Crippen LogP contribution in [0.5, 0.6) is 0 Å². The normalized spacial score (nSPS) is 16.1. The van der Waals surface area contributed by atoms with Crippen molar-refractivity contribution < 1.29 is 27.5 Å². The van der Waals surface area contributed by atoms with Crippen molar-refractivity contribution in [1.29, 1.82) is 0 Å². The van der Waals surface area contributed by atoms with Crippen LogP contribution in [0.3, 0.4) is 0 Å². The maximum absolute atomic E-state index is 12.3. The van der Waals surface area contributed by atoms with Crippen LogP contribution in [-0.4, -0.2) is 64.1 Å². The van der Waals surface area contributed by atoms with Crippen molar-refractivity contribution in [3.63, 3.8) is 0 Å². The molecule has 1 saturated heterocycles. The maximum atomic E-state index is 12.3. The lowest BCUT2D eigenvalue weighted by atomic mass is 10.0. The molecule has 0 aromatic heterocycles. The second-order valence-electron chi connectivity index (χ2n) is 6.94. The first-order valence-corrected chi connectivity index (χ1v) is 10.8. The number of carbonyl (C=O) groups excluding carboxylic acids is 2. The molecule has 8 nitrogen and oxygen atoms in total. The van der Waals surface area contributed by atoms with E-state index in [2.05, 4.69) is 4.72 Å². The van der Waals surface area contributed by atoms with E-state index in [9.17, 15) is 18.0 Å². The molecule has 1 N–H and O–H groups in total. The second kappa shape index (κ2) is 9.99. The highest BCUT2D eigenvalue weighted by molar-refractivity contribution is 7.89. The van der Waals surface area contributed by atoms with Crippen molar-refractivity contribution in [3.05, 3.63) is 29.8 Å². The molecular weight excluding hydrogens is 384 g/mol. The van der Waals surface area contributed by atoms with Gasteiger partial charge in [0, 0.05) is 19.6 Å². The minimum atomic E-state index is -3.71. The number of amides is 1. The predicted molar refractivity (Wildman–Crippen MR) is 103 cm³/mol. The minimum absolute atomic E-state index is 0.106. The summed E-state index contributed by atoms with van der Waals surface area (Å²) in [7, 11) is -3.71. The van der Waals surface area contributed by atoms with E-state index in [-0.39, 0.29) is 23.8 Å². The topological polar surface area (TPSA) is 102 Å². The van der Waals surface area contributed by atoms with Crippen molar-refractivity contribution in [2.24, 2.45) is 0 Å². The fourth-order valence-corrected chi connectivity index (χ4v) is 3.78. The smallest absolute Gasteiger partial charge is 0.307 e. The van der Waals surface area contributed by atoms with Crippen LogP contribution in [0.2, 0.25) is 0 Å². The molecule has 1 aliphatic heterocycles. The third-order valence-electron chi connectivity index (χ3n) is 4.46. The zero-order chi connectivity index (χ0) is 20.7. The number of hydrogen-bond donors (Lipinski definition) is 1. The molecule has 0 bridgehead atoms. The van der Waals surface area contributed by atoms with Gasteiger partial charge in [-0.15, -0.1) is 0 Å². The van der Waals surface area contributed by atoms with Crippen molar-refractivity contribution in [3.8, 4) is 0 Å². The number of nitrogens with one attached hydrogen (secondary N) is 1. The Balaban J connectivity index is 1.79. The molecule has 9 heteroatoms. The van der Waals surface area contributed by atoms with Gasteiger partial charge in [0.25, 0.3) is 5.91 Å². The number of ether oxygens (including phenoxy) is 2. The Labute approximate surface area is 166 Å². The summed E-state index contributed by atoms with van der Waals surface area (Å²) in [4.78, 5) is 25.9. The first-order chi connectivity index (χ1) is 13.2. The van der Waals surface area contributed by atoms with Gasteiger partial charge in [-0.3, -0.25) is 9.59 Å². The average Bonchev–Trinajstić information content (AvgIpc) is 2.67. The number of nitrogens with zero attached hydrogens (tertiary/aromatic N) is 1. The van der Waals surface area contributed by atoms with Gasteiger partial charge in [0.15, 0.2) is 6.10 Å². The van der Waals surface area contributed by atoms with E-state index in [1.807, 2.05) is 13.8 Å². The van der Waals surface area contributed by atoms with Gasteiger partial charge in [-0.05, 0) is 30.5 Å². The van der Waals surface area contributed by atoms with E-state index < -0.39 is 22.1 Å². The Morgan fingerprint density at radius 1 is 1.14 bits per heavy atom.